The summed E-state index contributed by atoms with van der Waals surface area (Å²) in [4.78, 5) is 12.3. The molecule has 0 heterocycles. The molecule has 0 aliphatic heterocycles. The van der Waals surface area contributed by atoms with Crippen molar-refractivity contribution in [3.63, 3.8) is 0 Å². The minimum Gasteiger partial charge on any atom is -0.396 e. The van der Waals surface area contributed by atoms with Gasteiger partial charge in [-0.2, -0.15) is 0 Å². The van der Waals surface area contributed by atoms with E-state index in [9.17, 15) is 9.18 Å². The Hall–Kier alpha value is -0.440. The number of nitrogens with two attached hydrogens (primary N) is 1. The third-order valence-corrected chi connectivity index (χ3v) is 4.94. The molecule has 3 N–H and O–H groups in total. The number of benzene rings is 2. The van der Waals surface area contributed by atoms with Gasteiger partial charge < -0.3 is 11.1 Å². The number of hydrogen-bond acceptors (Lipinski definition) is 2. The first-order valence-electron chi connectivity index (χ1n) is 5.50. The number of nitrogens with one attached hydrogen (secondary N) is 1. The first-order chi connectivity index (χ1) is 9.79. The average molecular weight is 546 g/mol. The lowest BCUT2D eigenvalue weighted by Crippen LogP contribution is -2.14. The molecule has 3 nitrogen and oxygen atoms in total. The number of anilines is 2. The van der Waals surface area contributed by atoms with Crippen LogP contribution in [0, 0.1) is 5.82 Å². The van der Waals surface area contributed by atoms with Gasteiger partial charge >= 0.3 is 0 Å². The van der Waals surface area contributed by atoms with E-state index in [0.717, 1.165) is 10.5 Å². The van der Waals surface area contributed by atoms with E-state index in [1.165, 1.54) is 6.07 Å². The summed E-state index contributed by atoms with van der Waals surface area (Å²) in [6.45, 7) is 0. The van der Waals surface area contributed by atoms with E-state index in [1.54, 1.807) is 12.1 Å². The van der Waals surface area contributed by atoms with E-state index in [0.29, 0.717) is 19.1 Å². The number of hydrogen-bond donors (Lipinski definition) is 2. The molecular formula is C13H7Br4FN2O. The third-order valence-electron chi connectivity index (χ3n) is 2.58. The smallest absolute Gasteiger partial charge is 0.256 e. The summed E-state index contributed by atoms with van der Waals surface area (Å²) in [5.74, 6) is -0.985. The molecule has 0 atom stereocenters. The molecule has 0 aliphatic carbocycles. The normalized spacial score (nSPS) is 10.5. The fourth-order valence-corrected chi connectivity index (χ4v) is 4.53. The molecule has 0 unspecified atom stereocenters. The standard InChI is InChI=1S/C13H7Br4FN2O/c14-5-1-8(16)12(9(17)2-5)20-13(21)6-3-11(19)10(18)4-7(6)15/h1-4H,19H2,(H,20,21). The molecule has 21 heavy (non-hydrogen) atoms. The Bertz CT molecular complexity index is 713. The molecule has 0 spiro atoms. The molecule has 0 saturated carbocycles. The molecule has 1 amide bonds. The molecule has 0 saturated heterocycles. The van der Waals surface area contributed by atoms with Crippen molar-refractivity contribution in [2.45, 2.75) is 0 Å². The highest BCUT2D eigenvalue weighted by atomic mass is 79.9. The molecule has 2 rings (SSSR count). The zero-order valence-electron chi connectivity index (χ0n) is 10.2. The Morgan fingerprint density at radius 3 is 2.14 bits per heavy atom. The third kappa shape index (κ3) is 3.85. The Kier molecular flexibility index (Phi) is 5.45. The van der Waals surface area contributed by atoms with Crippen LogP contribution in [0.1, 0.15) is 10.4 Å². The Balaban J connectivity index is 2.37. The second kappa shape index (κ2) is 6.76. The first-order valence-corrected chi connectivity index (χ1v) is 8.67. The average Bonchev–Trinajstić information content (AvgIpc) is 2.37. The Morgan fingerprint density at radius 2 is 1.57 bits per heavy atom. The van der Waals surface area contributed by atoms with E-state index in [-0.39, 0.29) is 11.3 Å². The van der Waals surface area contributed by atoms with Crippen LogP contribution in [0.3, 0.4) is 0 Å². The maximum atomic E-state index is 13.3. The zero-order chi connectivity index (χ0) is 15.7. The molecule has 0 bridgehead atoms. The van der Waals surface area contributed by atoms with Crippen molar-refractivity contribution in [3.8, 4) is 0 Å². The second-order valence-electron chi connectivity index (χ2n) is 4.05. The summed E-state index contributed by atoms with van der Waals surface area (Å²) in [6, 6.07) is 6.05. The van der Waals surface area contributed by atoms with Gasteiger partial charge in [-0.3, -0.25) is 4.79 Å². The molecular weight excluding hydrogens is 539 g/mol. The number of rotatable bonds is 2. The maximum absolute atomic E-state index is 13.3. The predicted molar refractivity (Wildman–Crippen MR) is 96.0 cm³/mol. The van der Waals surface area contributed by atoms with Crippen molar-refractivity contribution in [1.82, 2.24) is 0 Å². The largest absolute Gasteiger partial charge is 0.396 e. The monoisotopic (exact) mass is 542 g/mol. The highest BCUT2D eigenvalue weighted by Gasteiger charge is 2.16. The lowest BCUT2D eigenvalue weighted by atomic mass is 10.1. The summed E-state index contributed by atoms with van der Waals surface area (Å²) < 4.78 is 15.9. The van der Waals surface area contributed by atoms with E-state index >= 15 is 0 Å². The van der Waals surface area contributed by atoms with Gasteiger partial charge in [-0.05, 0) is 72.1 Å². The summed E-state index contributed by atoms with van der Waals surface area (Å²) in [5.41, 5.74) is 6.23. The van der Waals surface area contributed by atoms with Crippen LogP contribution < -0.4 is 11.1 Å². The van der Waals surface area contributed by atoms with Crippen LogP contribution >= 0.6 is 63.7 Å². The van der Waals surface area contributed by atoms with Gasteiger partial charge in [0.15, 0.2) is 0 Å². The summed E-state index contributed by atoms with van der Waals surface area (Å²) in [6.07, 6.45) is 0. The van der Waals surface area contributed by atoms with Crippen LogP contribution in [0.2, 0.25) is 0 Å². The molecule has 0 radical (unpaired) electrons. The van der Waals surface area contributed by atoms with Gasteiger partial charge in [0.1, 0.15) is 5.82 Å². The van der Waals surface area contributed by atoms with Gasteiger partial charge in [0, 0.05) is 17.9 Å². The van der Waals surface area contributed by atoms with Gasteiger partial charge in [-0.1, -0.05) is 15.9 Å². The number of carbonyl (C=O) groups is 1. The number of carbonyl (C=O) groups excluding carboxylic acids is 1. The maximum Gasteiger partial charge on any atom is 0.256 e. The fraction of sp³-hybridized carbons (Fsp3) is 0. The minimum atomic E-state index is -0.579. The van der Waals surface area contributed by atoms with Crippen molar-refractivity contribution < 1.29 is 9.18 Å². The quantitative estimate of drug-likeness (QED) is 0.475. The number of amides is 1. The van der Waals surface area contributed by atoms with Crippen LogP contribution in [0.25, 0.3) is 0 Å². The number of halogens is 5. The van der Waals surface area contributed by atoms with Crippen LogP contribution in [0.4, 0.5) is 15.8 Å². The molecule has 2 aromatic rings. The SMILES string of the molecule is Nc1cc(C(=O)Nc2c(Br)cc(Br)cc2Br)c(Br)cc1F. The van der Waals surface area contributed by atoms with Crippen LogP contribution in [0.15, 0.2) is 42.2 Å². The lowest BCUT2D eigenvalue weighted by molar-refractivity contribution is 0.102. The lowest BCUT2D eigenvalue weighted by Gasteiger charge is -2.12. The topological polar surface area (TPSA) is 55.1 Å². The summed E-state index contributed by atoms with van der Waals surface area (Å²) in [5, 5.41) is 2.75. The predicted octanol–water partition coefficient (Wildman–Crippen LogP) is 5.71. The molecule has 110 valence electrons. The highest BCUT2D eigenvalue weighted by molar-refractivity contribution is 9.11. The van der Waals surface area contributed by atoms with Crippen LogP contribution in [-0.2, 0) is 0 Å². The van der Waals surface area contributed by atoms with E-state index in [4.69, 9.17) is 5.73 Å². The van der Waals surface area contributed by atoms with Gasteiger partial charge in [0.25, 0.3) is 5.91 Å². The van der Waals surface area contributed by atoms with E-state index < -0.39 is 11.7 Å². The molecule has 8 heteroatoms. The summed E-state index contributed by atoms with van der Waals surface area (Å²) in [7, 11) is 0. The van der Waals surface area contributed by atoms with Crippen molar-refractivity contribution in [2.24, 2.45) is 0 Å². The molecule has 0 aromatic heterocycles. The van der Waals surface area contributed by atoms with Crippen molar-refractivity contribution in [1.29, 1.82) is 0 Å². The van der Waals surface area contributed by atoms with Crippen molar-refractivity contribution >= 4 is 81.0 Å². The summed E-state index contributed by atoms with van der Waals surface area (Å²) >= 11 is 13.3. The van der Waals surface area contributed by atoms with Gasteiger partial charge in [-0.15, -0.1) is 0 Å². The van der Waals surface area contributed by atoms with Crippen molar-refractivity contribution in [3.05, 3.63) is 53.5 Å². The van der Waals surface area contributed by atoms with Gasteiger partial charge in [0.2, 0.25) is 0 Å². The molecule has 0 fully saturated rings. The van der Waals surface area contributed by atoms with Crippen LogP contribution in [-0.4, -0.2) is 5.91 Å². The van der Waals surface area contributed by atoms with Crippen LogP contribution in [0.5, 0.6) is 0 Å². The fourth-order valence-electron chi connectivity index (χ4n) is 1.58. The zero-order valence-corrected chi connectivity index (χ0v) is 16.5. The number of nitrogen functional groups attached to an aromatic ring is 1. The first kappa shape index (κ1) is 16.9. The Labute approximate surface area is 154 Å². The second-order valence-corrected chi connectivity index (χ2v) is 7.53. The van der Waals surface area contributed by atoms with Gasteiger partial charge in [0.05, 0.1) is 16.9 Å². The van der Waals surface area contributed by atoms with Crippen molar-refractivity contribution in [2.75, 3.05) is 11.1 Å². The van der Waals surface area contributed by atoms with Gasteiger partial charge in [-0.25, -0.2) is 4.39 Å². The highest BCUT2D eigenvalue weighted by Crippen LogP contribution is 2.35. The minimum absolute atomic E-state index is 0.0858. The molecule has 0 aliphatic rings. The Morgan fingerprint density at radius 1 is 1.00 bits per heavy atom. The van der Waals surface area contributed by atoms with E-state index in [2.05, 4.69) is 69.0 Å². The molecule has 2 aromatic carbocycles. The van der Waals surface area contributed by atoms with E-state index in [1.807, 2.05) is 0 Å².